The molecule has 104 valence electrons. The third-order valence-corrected chi connectivity index (χ3v) is 3.83. The summed E-state index contributed by atoms with van der Waals surface area (Å²) in [5, 5.41) is 10.9. The Balaban J connectivity index is 2.17. The molecule has 0 aliphatic rings. The van der Waals surface area contributed by atoms with Crippen molar-refractivity contribution in [1.82, 2.24) is 0 Å². The van der Waals surface area contributed by atoms with Crippen molar-refractivity contribution < 1.29 is 9.66 Å². The molecule has 0 aliphatic carbocycles. The van der Waals surface area contributed by atoms with E-state index in [-0.39, 0.29) is 5.69 Å². The van der Waals surface area contributed by atoms with Gasteiger partial charge in [0.2, 0.25) is 0 Å². The van der Waals surface area contributed by atoms with E-state index in [2.05, 4.69) is 15.9 Å². The Hall–Kier alpha value is -1.88. The highest BCUT2D eigenvalue weighted by Crippen LogP contribution is 2.27. The van der Waals surface area contributed by atoms with Crippen molar-refractivity contribution in [2.45, 2.75) is 20.5 Å². The molecule has 0 fully saturated rings. The first-order chi connectivity index (χ1) is 9.49. The second kappa shape index (κ2) is 6.05. The normalized spacial score (nSPS) is 10.3. The van der Waals surface area contributed by atoms with Gasteiger partial charge in [-0.1, -0.05) is 18.2 Å². The summed E-state index contributed by atoms with van der Waals surface area (Å²) in [5.74, 6) is 0.801. The number of hydrogen-bond donors (Lipinski definition) is 0. The van der Waals surface area contributed by atoms with E-state index in [1.807, 2.05) is 38.1 Å². The molecule has 0 unspecified atom stereocenters. The van der Waals surface area contributed by atoms with Gasteiger partial charge >= 0.3 is 0 Å². The van der Waals surface area contributed by atoms with E-state index < -0.39 is 4.92 Å². The summed E-state index contributed by atoms with van der Waals surface area (Å²) in [4.78, 5) is 10.5. The van der Waals surface area contributed by atoms with Crippen LogP contribution in [-0.2, 0) is 6.61 Å². The van der Waals surface area contributed by atoms with E-state index in [9.17, 15) is 10.1 Å². The van der Waals surface area contributed by atoms with Gasteiger partial charge in [-0.3, -0.25) is 10.1 Å². The summed E-state index contributed by atoms with van der Waals surface area (Å²) >= 11 is 3.17. The molecule has 0 aliphatic heterocycles. The first-order valence-electron chi connectivity index (χ1n) is 6.11. The second-order valence-electron chi connectivity index (χ2n) is 4.53. The molecule has 0 saturated carbocycles. The molecule has 0 atom stereocenters. The Kier molecular flexibility index (Phi) is 4.39. The third-order valence-electron chi connectivity index (χ3n) is 3.16. The molecule has 4 nitrogen and oxygen atoms in total. The topological polar surface area (TPSA) is 52.4 Å². The summed E-state index contributed by atoms with van der Waals surface area (Å²) in [6, 6.07) is 10.8. The number of benzene rings is 2. The minimum atomic E-state index is -0.411. The van der Waals surface area contributed by atoms with E-state index in [0.717, 1.165) is 22.4 Å². The molecule has 2 aromatic rings. The lowest BCUT2D eigenvalue weighted by Gasteiger charge is -2.11. The van der Waals surface area contributed by atoms with Crippen LogP contribution in [0.25, 0.3) is 0 Å². The van der Waals surface area contributed by atoms with Crippen molar-refractivity contribution >= 4 is 21.6 Å². The molecule has 0 N–H and O–H groups in total. The van der Waals surface area contributed by atoms with Gasteiger partial charge in [-0.2, -0.15) is 0 Å². The van der Waals surface area contributed by atoms with Gasteiger partial charge in [0.25, 0.3) is 5.69 Å². The standard InChI is InChI=1S/C15H14BrNO3/c1-10-4-3-5-15(11(10)2)20-9-12-6-7-13(16)14(8-12)17(18)19/h3-8H,9H2,1-2H3. The molecule has 0 spiro atoms. The number of hydrogen-bond acceptors (Lipinski definition) is 3. The van der Waals surface area contributed by atoms with Gasteiger partial charge < -0.3 is 4.74 Å². The van der Waals surface area contributed by atoms with Gasteiger partial charge in [0, 0.05) is 6.07 Å². The fraction of sp³-hybridized carbons (Fsp3) is 0.200. The van der Waals surface area contributed by atoms with E-state index in [1.165, 1.54) is 6.07 Å². The van der Waals surface area contributed by atoms with Crippen LogP contribution >= 0.6 is 15.9 Å². The Labute approximate surface area is 125 Å². The molecular weight excluding hydrogens is 322 g/mol. The van der Waals surface area contributed by atoms with Crippen molar-refractivity contribution in [3.8, 4) is 5.75 Å². The third kappa shape index (κ3) is 3.17. The molecule has 5 heteroatoms. The van der Waals surface area contributed by atoms with Gasteiger partial charge in [0.05, 0.1) is 9.40 Å². The van der Waals surface area contributed by atoms with Crippen LogP contribution in [-0.4, -0.2) is 4.92 Å². The predicted molar refractivity (Wildman–Crippen MR) is 81.0 cm³/mol. The van der Waals surface area contributed by atoms with Crippen molar-refractivity contribution in [1.29, 1.82) is 0 Å². The zero-order valence-corrected chi connectivity index (χ0v) is 12.8. The molecule has 0 heterocycles. The highest BCUT2D eigenvalue weighted by atomic mass is 79.9. The quantitative estimate of drug-likeness (QED) is 0.608. The maximum absolute atomic E-state index is 10.9. The average molecular weight is 336 g/mol. The fourth-order valence-electron chi connectivity index (χ4n) is 1.83. The van der Waals surface area contributed by atoms with Crippen molar-refractivity contribution in [3.63, 3.8) is 0 Å². The first-order valence-corrected chi connectivity index (χ1v) is 6.90. The zero-order valence-electron chi connectivity index (χ0n) is 11.2. The van der Waals surface area contributed by atoms with Gasteiger partial charge in [-0.25, -0.2) is 0 Å². The van der Waals surface area contributed by atoms with E-state index in [0.29, 0.717) is 11.1 Å². The smallest absolute Gasteiger partial charge is 0.283 e. The number of nitro groups is 1. The lowest BCUT2D eigenvalue weighted by molar-refractivity contribution is -0.385. The molecule has 20 heavy (non-hydrogen) atoms. The SMILES string of the molecule is Cc1cccc(OCc2ccc(Br)c([N+](=O)[O-])c2)c1C. The van der Waals surface area contributed by atoms with E-state index >= 15 is 0 Å². The van der Waals surface area contributed by atoms with Gasteiger partial charge in [-0.05, 0) is 58.6 Å². The number of aryl methyl sites for hydroxylation is 1. The van der Waals surface area contributed by atoms with Crippen LogP contribution in [0.2, 0.25) is 0 Å². The van der Waals surface area contributed by atoms with Crippen LogP contribution in [0.3, 0.4) is 0 Å². The average Bonchev–Trinajstić information content (AvgIpc) is 2.41. The largest absolute Gasteiger partial charge is 0.489 e. The Morgan fingerprint density at radius 1 is 1.25 bits per heavy atom. The Bertz CT molecular complexity index is 656. The predicted octanol–water partition coefficient (Wildman–Crippen LogP) is 4.55. The summed E-state index contributed by atoms with van der Waals surface area (Å²) < 4.78 is 6.21. The maximum atomic E-state index is 10.9. The lowest BCUT2D eigenvalue weighted by Crippen LogP contribution is -1.99. The monoisotopic (exact) mass is 335 g/mol. The second-order valence-corrected chi connectivity index (χ2v) is 5.38. The van der Waals surface area contributed by atoms with Crippen LogP contribution < -0.4 is 4.74 Å². The van der Waals surface area contributed by atoms with Crippen LogP contribution in [0.4, 0.5) is 5.69 Å². The molecule has 0 bridgehead atoms. The van der Waals surface area contributed by atoms with Crippen LogP contribution in [0.15, 0.2) is 40.9 Å². The first kappa shape index (κ1) is 14.5. The van der Waals surface area contributed by atoms with Crippen LogP contribution in [0, 0.1) is 24.0 Å². The summed E-state index contributed by atoms with van der Waals surface area (Å²) in [6.45, 7) is 4.32. The molecule has 0 amide bonds. The van der Waals surface area contributed by atoms with E-state index in [1.54, 1.807) is 6.07 Å². The van der Waals surface area contributed by atoms with Crippen molar-refractivity contribution in [2.24, 2.45) is 0 Å². The summed E-state index contributed by atoms with van der Waals surface area (Å²) in [7, 11) is 0. The zero-order chi connectivity index (χ0) is 14.7. The van der Waals surface area contributed by atoms with Crippen molar-refractivity contribution in [3.05, 3.63) is 67.7 Å². The number of nitrogens with zero attached hydrogens (tertiary/aromatic N) is 1. The Morgan fingerprint density at radius 3 is 2.70 bits per heavy atom. The number of rotatable bonds is 4. The molecule has 2 rings (SSSR count). The number of ether oxygens (including phenoxy) is 1. The molecule has 0 radical (unpaired) electrons. The summed E-state index contributed by atoms with van der Waals surface area (Å²) in [6.07, 6.45) is 0. The molecular formula is C15H14BrNO3. The van der Waals surface area contributed by atoms with Gasteiger partial charge in [-0.15, -0.1) is 0 Å². The fourth-order valence-corrected chi connectivity index (χ4v) is 2.22. The molecule has 0 saturated heterocycles. The minimum Gasteiger partial charge on any atom is -0.489 e. The number of nitro benzene ring substituents is 1. The van der Waals surface area contributed by atoms with Gasteiger partial charge in [0.1, 0.15) is 12.4 Å². The lowest BCUT2D eigenvalue weighted by atomic mass is 10.1. The van der Waals surface area contributed by atoms with E-state index in [4.69, 9.17) is 4.74 Å². The highest BCUT2D eigenvalue weighted by molar-refractivity contribution is 9.10. The van der Waals surface area contributed by atoms with Crippen LogP contribution in [0.1, 0.15) is 16.7 Å². The minimum absolute atomic E-state index is 0.0482. The molecule has 2 aromatic carbocycles. The van der Waals surface area contributed by atoms with Crippen LogP contribution in [0.5, 0.6) is 5.75 Å². The summed E-state index contributed by atoms with van der Waals surface area (Å²) in [5.41, 5.74) is 3.05. The molecule has 0 aromatic heterocycles. The Morgan fingerprint density at radius 2 is 2.00 bits per heavy atom. The highest BCUT2D eigenvalue weighted by Gasteiger charge is 2.12. The van der Waals surface area contributed by atoms with Gasteiger partial charge in [0.15, 0.2) is 0 Å². The maximum Gasteiger partial charge on any atom is 0.283 e. The number of halogens is 1. The van der Waals surface area contributed by atoms with Crippen molar-refractivity contribution in [2.75, 3.05) is 0 Å².